The number of anilines is 1. The number of carbonyl (C=O) groups excluding carboxylic acids is 1. The number of hydrogen-bond acceptors (Lipinski definition) is 5. The van der Waals surface area contributed by atoms with E-state index in [-0.39, 0.29) is 18.3 Å². The number of imidazole rings is 1. The molecule has 164 valence electrons. The van der Waals surface area contributed by atoms with E-state index in [9.17, 15) is 4.79 Å². The molecule has 1 aliphatic rings. The van der Waals surface area contributed by atoms with Gasteiger partial charge in [0, 0.05) is 60.9 Å². The third-order valence-corrected chi connectivity index (χ3v) is 5.39. The number of ether oxygens (including phenoxy) is 2. The SMILES string of the molecule is COc1cc(OC)cc(C(=O)N2CCN(c3nccn3-c3cccc(Cl)c3)CC2)c1.Cl. The highest BCUT2D eigenvalue weighted by Crippen LogP contribution is 2.25. The van der Waals surface area contributed by atoms with Crippen LogP contribution in [0.3, 0.4) is 0 Å². The smallest absolute Gasteiger partial charge is 0.254 e. The van der Waals surface area contributed by atoms with Crippen molar-refractivity contribution in [3.05, 3.63) is 65.4 Å². The summed E-state index contributed by atoms with van der Waals surface area (Å²) in [6.07, 6.45) is 3.69. The predicted octanol–water partition coefficient (Wildman–Crippen LogP) is 3.93. The van der Waals surface area contributed by atoms with E-state index >= 15 is 0 Å². The zero-order chi connectivity index (χ0) is 21.1. The van der Waals surface area contributed by atoms with Crippen molar-refractivity contribution in [2.75, 3.05) is 45.3 Å². The van der Waals surface area contributed by atoms with E-state index < -0.39 is 0 Å². The van der Waals surface area contributed by atoms with Crippen LogP contribution in [-0.2, 0) is 0 Å². The number of halogens is 2. The zero-order valence-corrected chi connectivity index (χ0v) is 18.9. The van der Waals surface area contributed by atoms with E-state index in [0.29, 0.717) is 48.3 Å². The molecule has 0 spiro atoms. The van der Waals surface area contributed by atoms with Gasteiger partial charge in [0.05, 0.1) is 14.2 Å². The van der Waals surface area contributed by atoms with Gasteiger partial charge in [0.1, 0.15) is 11.5 Å². The number of nitrogens with zero attached hydrogens (tertiary/aromatic N) is 4. The van der Waals surface area contributed by atoms with Crippen molar-refractivity contribution in [1.82, 2.24) is 14.5 Å². The van der Waals surface area contributed by atoms with Gasteiger partial charge in [-0.3, -0.25) is 9.36 Å². The molecule has 0 saturated carbocycles. The van der Waals surface area contributed by atoms with Gasteiger partial charge < -0.3 is 19.3 Å². The lowest BCUT2D eigenvalue weighted by molar-refractivity contribution is 0.0745. The summed E-state index contributed by atoms with van der Waals surface area (Å²) >= 11 is 6.15. The molecule has 31 heavy (non-hydrogen) atoms. The van der Waals surface area contributed by atoms with E-state index in [1.165, 1.54) is 0 Å². The minimum atomic E-state index is -0.0370. The number of amides is 1. The van der Waals surface area contributed by atoms with Gasteiger partial charge in [-0.05, 0) is 30.3 Å². The first-order chi connectivity index (χ1) is 14.6. The van der Waals surface area contributed by atoms with Crippen LogP contribution >= 0.6 is 24.0 Å². The normalized spacial score (nSPS) is 13.5. The Morgan fingerprint density at radius 1 is 1.00 bits per heavy atom. The Bertz CT molecular complexity index is 1030. The molecule has 7 nitrogen and oxygen atoms in total. The van der Waals surface area contributed by atoms with Gasteiger partial charge in [0.25, 0.3) is 5.91 Å². The molecule has 0 unspecified atom stereocenters. The van der Waals surface area contributed by atoms with Gasteiger partial charge >= 0.3 is 0 Å². The van der Waals surface area contributed by atoms with Crippen LogP contribution in [0, 0.1) is 0 Å². The van der Waals surface area contributed by atoms with Gasteiger partial charge in [0.15, 0.2) is 0 Å². The third-order valence-electron chi connectivity index (χ3n) is 5.16. The summed E-state index contributed by atoms with van der Waals surface area (Å²) in [6, 6.07) is 12.9. The highest BCUT2D eigenvalue weighted by molar-refractivity contribution is 6.30. The van der Waals surface area contributed by atoms with E-state index in [2.05, 4.69) is 9.88 Å². The lowest BCUT2D eigenvalue weighted by Crippen LogP contribution is -2.49. The van der Waals surface area contributed by atoms with Crippen LogP contribution in [-0.4, -0.2) is 60.8 Å². The number of aromatic nitrogens is 2. The van der Waals surface area contributed by atoms with Gasteiger partial charge in [-0.25, -0.2) is 4.98 Å². The summed E-state index contributed by atoms with van der Waals surface area (Å²) in [6.45, 7) is 2.57. The first kappa shape index (κ1) is 22.8. The highest BCUT2D eigenvalue weighted by Gasteiger charge is 2.25. The molecule has 0 atom stereocenters. The van der Waals surface area contributed by atoms with Crippen molar-refractivity contribution >= 4 is 35.9 Å². The van der Waals surface area contributed by atoms with Crippen LogP contribution in [0.5, 0.6) is 11.5 Å². The van der Waals surface area contributed by atoms with Crippen LogP contribution in [0.2, 0.25) is 5.02 Å². The number of piperazine rings is 1. The van der Waals surface area contributed by atoms with Crippen LogP contribution < -0.4 is 14.4 Å². The number of benzene rings is 2. The minimum absolute atomic E-state index is 0. The molecule has 1 aromatic heterocycles. The third kappa shape index (κ3) is 4.89. The first-order valence-electron chi connectivity index (χ1n) is 9.65. The monoisotopic (exact) mass is 462 g/mol. The summed E-state index contributed by atoms with van der Waals surface area (Å²) in [5, 5.41) is 0.677. The zero-order valence-electron chi connectivity index (χ0n) is 17.3. The molecule has 9 heteroatoms. The Balaban J connectivity index is 0.00000272. The maximum Gasteiger partial charge on any atom is 0.254 e. The molecule has 0 radical (unpaired) electrons. The first-order valence-corrected chi connectivity index (χ1v) is 10.0. The van der Waals surface area contributed by atoms with Crippen LogP contribution in [0.15, 0.2) is 54.9 Å². The maximum absolute atomic E-state index is 13.0. The second-order valence-electron chi connectivity index (χ2n) is 6.96. The van der Waals surface area contributed by atoms with Crippen molar-refractivity contribution in [2.45, 2.75) is 0 Å². The van der Waals surface area contributed by atoms with Crippen molar-refractivity contribution in [3.8, 4) is 17.2 Å². The predicted molar refractivity (Wildman–Crippen MR) is 123 cm³/mol. The van der Waals surface area contributed by atoms with Gasteiger partial charge in [-0.2, -0.15) is 0 Å². The number of rotatable bonds is 5. The molecule has 4 rings (SSSR count). The average Bonchev–Trinajstić information content (AvgIpc) is 3.28. The van der Waals surface area contributed by atoms with Gasteiger partial charge in [0.2, 0.25) is 5.95 Å². The van der Waals surface area contributed by atoms with E-state index in [4.69, 9.17) is 21.1 Å². The lowest BCUT2D eigenvalue weighted by Gasteiger charge is -2.35. The quantitative estimate of drug-likeness (QED) is 0.574. The standard InChI is InChI=1S/C22H23ClN4O3.ClH/c1-29-19-12-16(13-20(15-19)30-2)21(28)25-8-10-26(11-9-25)22-24-6-7-27(22)18-5-3-4-17(23)14-18;/h3-7,12-15H,8-11H2,1-2H3;1H. The molecule has 2 aromatic carbocycles. The molecule has 0 bridgehead atoms. The largest absolute Gasteiger partial charge is 0.497 e. The Morgan fingerprint density at radius 3 is 2.29 bits per heavy atom. The van der Waals surface area contributed by atoms with E-state index in [0.717, 1.165) is 11.6 Å². The van der Waals surface area contributed by atoms with Crippen LogP contribution in [0.1, 0.15) is 10.4 Å². The summed E-state index contributed by atoms with van der Waals surface area (Å²) < 4.78 is 12.6. The summed E-state index contributed by atoms with van der Waals surface area (Å²) in [5.41, 5.74) is 1.51. The topological polar surface area (TPSA) is 59.8 Å². The van der Waals surface area contributed by atoms with Crippen molar-refractivity contribution < 1.29 is 14.3 Å². The van der Waals surface area contributed by atoms with Gasteiger partial charge in [-0.1, -0.05) is 17.7 Å². The highest BCUT2D eigenvalue weighted by atomic mass is 35.5. The minimum Gasteiger partial charge on any atom is -0.497 e. The molecular weight excluding hydrogens is 439 g/mol. The van der Waals surface area contributed by atoms with E-state index in [1.807, 2.05) is 39.9 Å². The van der Waals surface area contributed by atoms with E-state index in [1.54, 1.807) is 38.6 Å². The number of carbonyl (C=O) groups is 1. The van der Waals surface area contributed by atoms with Crippen molar-refractivity contribution in [3.63, 3.8) is 0 Å². The Labute approximate surface area is 192 Å². The Morgan fingerprint density at radius 2 is 1.68 bits per heavy atom. The molecule has 0 N–H and O–H groups in total. The van der Waals surface area contributed by atoms with Crippen molar-refractivity contribution in [2.24, 2.45) is 0 Å². The molecule has 1 saturated heterocycles. The molecule has 3 aromatic rings. The fourth-order valence-electron chi connectivity index (χ4n) is 3.58. The molecule has 1 aliphatic heterocycles. The van der Waals surface area contributed by atoms with Crippen LogP contribution in [0.25, 0.3) is 5.69 Å². The Hall–Kier alpha value is -2.90. The van der Waals surface area contributed by atoms with Crippen LogP contribution in [0.4, 0.5) is 5.95 Å². The maximum atomic E-state index is 13.0. The Kier molecular flexibility index (Phi) is 7.30. The second-order valence-corrected chi connectivity index (χ2v) is 7.39. The molecular formula is C22H24Cl2N4O3. The number of methoxy groups -OCH3 is 2. The summed E-state index contributed by atoms with van der Waals surface area (Å²) in [7, 11) is 3.15. The molecule has 2 heterocycles. The molecule has 0 aliphatic carbocycles. The van der Waals surface area contributed by atoms with Crippen molar-refractivity contribution in [1.29, 1.82) is 0 Å². The second kappa shape index (κ2) is 9.94. The number of hydrogen-bond donors (Lipinski definition) is 0. The molecule has 1 fully saturated rings. The average molecular weight is 463 g/mol. The summed E-state index contributed by atoms with van der Waals surface area (Å²) in [5.74, 6) is 2.00. The summed E-state index contributed by atoms with van der Waals surface area (Å²) in [4.78, 5) is 21.6. The lowest BCUT2D eigenvalue weighted by atomic mass is 10.1. The fraction of sp³-hybridized carbons (Fsp3) is 0.273. The molecule has 1 amide bonds. The fourth-order valence-corrected chi connectivity index (χ4v) is 3.76. The van der Waals surface area contributed by atoms with Gasteiger partial charge in [-0.15, -0.1) is 12.4 Å².